The number of amides is 1. The van der Waals surface area contributed by atoms with Crippen LogP contribution in [0.1, 0.15) is 35.2 Å². The molecule has 23 heavy (non-hydrogen) atoms. The standard InChI is InChI=1S/C16H24N2O4S/c1-12-6-7-13(11-15(12)23(20,21)18(2)3)16(19)17-9-8-14-5-4-10-22-14/h6-7,11,14H,4-5,8-10H2,1-3H3,(H,17,19). The van der Waals surface area contributed by atoms with E-state index in [0.717, 1.165) is 30.2 Å². The molecule has 1 aliphatic heterocycles. The van der Waals surface area contributed by atoms with Gasteiger partial charge in [0.25, 0.3) is 5.91 Å². The van der Waals surface area contributed by atoms with Gasteiger partial charge < -0.3 is 10.1 Å². The van der Waals surface area contributed by atoms with E-state index in [-0.39, 0.29) is 16.9 Å². The van der Waals surface area contributed by atoms with Crippen molar-refractivity contribution >= 4 is 15.9 Å². The first-order chi connectivity index (χ1) is 10.8. The lowest BCUT2D eigenvalue weighted by atomic mass is 10.1. The molecule has 1 aliphatic rings. The van der Waals surface area contributed by atoms with Crippen molar-refractivity contribution in [3.8, 4) is 0 Å². The van der Waals surface area contributed by atoms with Gasteiger partial charge in [0, 0.05) is 32.8 Å². The van der Waals surface area contributed by atoms with E-state index < -0.39 is 10.0 Å². The third-order valence-electron chi connectivity index (χ3n) is 3.98. The number of nitrogens with zero attached hydrogens (tertiary/aromatic N) is 1. The number of ether oxygens (including phenoxy) is 1. The number of carbonyl (C=O) groups is 1. The number of aryl methyl sites for hydroxylation is 1. The predicted molar refractivity (Wildman–Crippen MR) is 88.0 cm³/mol. The average Bonchev–Trinajstić information content (AvgIpc) is 3.00. The fourth-order valence-electron chi connectivity index (χ4n) is 2.54. The van der Waals surface area contributed by atoms with Gasteiger partial charge in [-0.15, -0.1) is 0 Å². The first-order valence-corrected chi connectivity index (χ1v) is 9.19. The monoisotopic (exact) mass is 340 g/mol. The van der Waals surface area contributed by atoms with Gasteiger partial charge in [0.2, 0.25) is 10.0 Å². The van der Waals surface area contributed by atoms with Gasteiger partial charge in [-0.05, 0) is 43.9 Å². The first kappa shape index (κ1) is 17.9. The first-order valence-electron chi connectivity index (χ1n) is 7.75. The Morgan fingerprint density at radius 1 is 1.39 bits per heavy atom. The molecule has 0 aliphatic carbocycles. The SMILES string of the molecule is Cc1ccc(C(=O)NCCC2CCCO2)cc1S(=O)(=O)N(C)C. The summed E-state index contributed by atoms with van der Waals surface area (Å²) in [7, 11) is -0.613. The number of rotatable bonds is 6. The average molecular weight is 340 g/mol. The summed E-state index contributed by atoms with van der Waals surface area (Å²) in [4.78, 5) is 12.4. The number of carbonyl (C=O) groups excluding carboxylic acids is 1. The molecule has 6 nitrogen and oxygen atoms in total. The van der Waals surface area contributed by atoms with Crippen molar-refractivity contribution in [2.24, 2.45) is 0 Å². The van der Waals surface area contributed by atoms with E-state index in [9.17, 15) is 13.2 Å². The number of sulfonamides is 1. The number of hydrogen-bond acceptors (Lipinski definition) is 4. The minimum atomic E-state index is -3.56. The Balaban J connectivity index is 2.06. The second-order valence-corrected chi connectivity index (χ2v) is 8.07. The van der Waals surface area contributed by atoms with Crippen LogP contribution in [0.15, 0.2) is 23.1 Å². The highest BCUT2D eigenvalue weighted by molar-refractivity contribution is 7.89. The van der Waals surface area contributed by atoms with E-state index in [2.05, 4.69) is 5.32 Å². The van der Waals surface area contributed by atoms with Gasteiger partial charge in [0.05, 0.1) is 11.0 Å². The molecular formula is C16H24N2O4S. The topological polar surface area (TPSA) is 75.7 Å². The summed E-state index contributed by atoms with van der Waals surface area (Å²) >= 11 is 0. The fourth-order valence-corrected chi connectivity index (χ4v) is 3.68. The van der Waals surface area contributed by atoms with Crippen molar-refractivity contribution in [1.82, 2.24) is 9.62 Å². The number of hydrogen-bond donors (Lipinski definition) is 1. The Labute approximate surface area is 137 Å². The summed E-state index contributed by atoms with van der Waals surface area (Å²) < 4.78 is 31.2. The molecule has 1 saturated heterocycles. The zero-order chi connectivity index (χ0) is 17.0. The maximum Gasteiger partial charge on any atom is 0.251 e. The molecule has 0 spiro atoms. The zero-order valence-corrected chi connectivity index (χ0v) is 14.6. The van der Waals surface area contributed by atoms with Crippen LogP contribution in [0.5, 0.6) is 0 Å². The lowest BCUT2D eigenvalue weighted by Crippen LogP contribution is -2.28. The van der Waals surface area contributed by atoms with Crippen molar-refractivity contribution in [2.45, 2.75) is 37.2 Å². The highest BCUT2D eigenvalue weighted by atomic mass is 32.2. The molecule has 1 aromatic rings. The lowest BCUT2D eigenvalue weighted by Gasteiger charge is -2.15. The number of nitrogens with one attached hydrogen (secondary N) is 1. The summed E-state index contributed by atoms with van der Waals surface area (Å²) in [6.45, 7) is 3.03. The molecule has 1 fully saturated rings. The summed E-state index contributed by atoms with van der Waals surface area (Å²) in [6.07, 6.45) is 3.10. The summed E-state index contributed by atoms with van der Waals surface area (Å²) in [5, 5.41) is 2.83. The smallest absolute Gasteiger partial charge is 0.251 e. The van der Waals surface area contributed by atoms with Crippen molar-refractivity contribution in [1.29, 1.82) is 0 Å². The van der Waals surface area contributed by atoms with E-state index in [1.165, 1.54) is 20.2 Å². The molecule has 0 saturated carbocycles. The molecule has 1 amide bonds. The molecular weight excluding hydrogens is 316 g/mol. The lowest BCUT2D eigenvalue weighted by molar-refractivity contribution is 0.0907. The Kier molecular flexibility index (Phi) is 5.78. The van der Waals surface area contributed by atoms with Crippen LogP contribution in [-0.4, -0.2) is 52.0 Å². The molecule has 1 aromatic carbocycles. The van der Waals surface area contributed by atoms with E-state index in [4.69, 9.17) is 4.74 Å². The van der Waals surface area contributed by atoms with Crippen LogP contribution in [0.2, 0.25) is 0 Å². The molecule has 2 rings (SSSR count). The summed E-state index contributed by atoms with van der Waals surface area (Å²) in [5.41, 5.74) is 0.970. The van der Waals surface area contributed by atoms with E-state index >= 15 is 0 Å². The minimum Gasteiger partial charge on any atom is -0.378 e. The second-order valence-electron chi connectivity index (χ2n) is 5.95. The predicted octanol–water partition coefficient (Wildman–Crippen LogP) is 1.54. The molecule has 1 unspecified atom stereocenters. The molecule has 1 atom stereocenters. The van der Waals surface area contributed by atoms with Gasteiger partial charge in [-0.2, -0.15) is 0 Å². The van der Waals surface area contributed by atoms with Gasteiger partial charge in [-0.3, -0.25) is 4.79 Å². The van der Waals surface area contributed by atoms with Crippen molar-refractivity contribution < 1.29 is 17.9 Å². The fraction of sp³-hybridized carbons (Fsp3) is 0.562. The second kappa shape index (κ2) is 7.42. The van der Waals surface area contributed by atoms with Crippen molar-refractivity contribution in [2.75, 3.05) is 27.2 Å². The quantitative estimate of drug-likeness (QED) is 0.852. The van der Waals surface area contributed by atoms with Crippen LogP contribution in [-0.2, 0) is 14.8 Å². The Bertz CT molecular complexity index is 665. The Morgan fingerprint density at radius 3 is 2.74 bits per heavy atom. The Morgan fingerprint density at radius 2 is 2.13 bits per heavy atom. The van der Waals surface area contributed by atoms with E-state index in [0.29, 0.717) is 17.7 Å². The van der Waals surface area contributed by atoms with Gasteiger partial charge in [-0.25, -0.2) is 12.7 Å². The van der Waals surface area contributed by atoms with Crippen LogP contribution in [0.3, 0.4) is 0 Å². The van der Waals surface area contributed by atoms with Gasteiger partial charge in [-0.1, -0.05) is 6.07 Å². The number of benzene rings is 1. The molecule has 1 N–H and O–H groups in total. The molecule has 7 heteroatoms. The third-order valence-corrected chi connectivity index (χ3v) is 5.94. The highest BCUT2D eigenvalue weighted by Gasteiger charge is 2.21. The van der Waals surface area contributed by atoms with Crippen LogP contribution < -0.4 is 5.32 Å². The minimum absolute atomic E-state index is 0.161. The van der Waals surface area contributed by atoms with Gasteiger partial charge in [0.15, 0.2) is 0 Å². The summed E-state index contributed by atoms with van der Waals surface area (Å²) in [5.74, 6) is -0.266. The van der Waals surface area contributed by atoms with Gasteiger partial charge in [0.1, 0.15) is 0 Å². The normalized spacial score (nSPS) is 18.3. The maximum absolute atomic E-state index is 12.3. The third kappa shape index (κ3) is 4.31. The highest BCUT2D eigenvalue weighted by Crippen LogP contribution is 2.20. The van der Waals surface area contributed by atoms with E-state index in [1.54, 1.807) is 19.1 Å². The molecule has 1 heterocycles. The molecule has 0 radical (unpaired) electrons. The van der Waals surface area contributed by atoms with E-state index in [1.807, 2.05) is 0 Å². The van der Waals surface area contributed by atoms with Crippen LogP contribution in [0.25, 0.3) is 0 Å². The van der Waals surface area contributed by atoms with Crippen molar-refractivity contribution in [3.05, 3.63) is 29.3 Å². The van der Waals surface area contributed by atoms with Crippen molar-refractivity contribution in [3.63, 3.8) is 0 Å². The van der Waals surface area contributed by atoms with Crippen LogP contribution in [0.4, 0.5) is 0 Å². The molecule has 128 valence electrons. The summed E-state index contributed by atoms with van der Waals surface area (Å²) in [6, 6.07) is 4.74. The Hall–Kier alpha value is -1.44. The largest absolute Gasteiger partial charge is 0.378 e. The van der Waals surface area contributed by atoms with Gasteiger partial charge >= 0.3 is 0 Å². The molecule has 0 bridgehead atoms. The maximum atomic E-state index is 12.3. The van der Waals surface area contributed by atoms with Crippen LogP contribution >= 0.6 is 0 Å². The zero-order valence-electron chi connectivity index (χ0n) is 13.8. The molecule has 0 aromatic heterocycles. The van der Waals surface area contributed by atoms with Crippen LogP contribution in [0, 0.1) is 6.92 Å².